The second-order valence-electron chi connectivity index (χ2n) is 13.0. The highest BCUT2D eigenvalue weighted by atomic mass is 35.5. The van der Waals surface area contributed by atoms with Crippen molar-refractivity contribution in [3.8, 4) is 11.5 Å². The summed E-state index contributed by atoms with van der Waals surface area (Å²) in [7, 11) is 2.68. The van der Waals surface area contributed by atoms with E-state index in [1.54, 1.807) is 0 Å². The zero-order valence-electron chi connectivity index (χ0n) is 29.1. The molecule has 0 spiro atoms. The number of thiazole rings is 1. The monoisotopic (exact) mass is 795 g/mol. The number of carboxylic acid groups (broad SMARTS) is 2. The number of thioether (sulfide) groups is 1. The molecule has 286 valence electrons. The van der Waals surface area contributed by atoms with Crippen LogP contribution in [-0.2, 0) is 28.9 Å². The zero-order valence-corrected chi connectivity index (χ0v) is 31.5. The highest BCUT2D eigenvalue weighted by Gasteiger charge is 2.54. The molecule has 1 aromatic heterocycles. The van der Waals surface area contributed by atoms with Gasteiger partial charge in [-0.25, -0.2) is 14.8 Å². The Labute approximate surface area is 316 Å². The van der Waals surface area contributed by atoms with Gasteiger partial charge in [-0.05, 0) is 26.0 Å². The van der Waals surface area contributed by atoms with Gasteiger partial charge in [0.25, 0.3) is 17.7 Å². The zero-order chi connectivity index (χ0) is 38.8. The molecule has 2 fully saturated rings. The van der Waals surface area contributed by atoms with Gasteiger partial charge in [0.2, 0.25) is 5.60 Å². The number of anilines is 1. The van der Waals surface area contributed by atoms with E-state index in [-0.39, 0.29) is 57.5 Å². The number of amides is 3. The van der Waals surface area contributed by atoms with E-state index >= 15 is 0 Å². The van der Waals surface area contributed by atoms with E-state index in [4.69, 9.17) is 31.7 Å². The van der Waals surface area contributed by atoms with Gasteiger partial charge < -0.3 is 45.2 Å². The first-order valence-corrected chi connectivity index (χ1v) is 18.5. The lowest BCUT2D eigenvalue weighted by molar-refractivity contribution is -0.912. The number of halogens is 1. The number of oxime groups is 1. The Kier molecular flexibility index (Phi) is 11.8. The Bertz CT molecular complexity index is 1880. The Balaban J connectivity index is 1.32. The summed E-state index contributed by atoms with van der Waals surface area (Å²) in [4.78, 5) is 80.2. The van der Waals surface area contributed by atoms with Gasteiger partial charge >= 0.3 is 5.97 Å². The molecule has 0 unspecified atom stereocenters. The fourth-order valence-electron chi connectivity index (χ4n) is 6.26. The number of nitrogens with one attached hydrogen (secondary N) is 1. The molecule has 18 nitrogen and oxygen atoms in total. The summed E-state index contributed by atoms with van der Waals surface area (Å²) in [5.74, 6) is -5.18. The minimum atomic E-state index is -1.80. The van der Waals surface area contributed by atoms with Crippen LogP contribution in [0.2, 0.25) is 5.02 Å². The molecular weight excluding hydrogens is 758 g/mol. The number of nitrogens with two attached hydrogens (primary N) is 1. The number of phenols is 1. The van der Waals surface area contributed by atoms with Crippen molar-refractivity contribution >= 4 is 75.2 Å². The Morgan fingerprint density at radius 3 is 2.53 bits per heavy atom. The minimum Gasteiger partial charge on any atom is -0.543 e. The van der Waals surface area contributed by atoms with E-state index in [0.717, 1.165) is 34.1 Å². The molecule has 3 aliphatic rings. The molecule has 5 rings (SSSR count). The number of nitrogen functional groups attached to an aromatic ring is 1. The molecule has 53 heavy (non-hydrogen) atoms. The van der Waals surface area contributed by atoms with E-state index in [1.165, 1.54) is 57.3 Å². The van der Waals surface area contributed by atoms with Crippen LogP contribution in [0.1, 0.15) is 42.7 Å². The van der Waals surface area contributed by atoms with Gasteiger partial charge in [0, 0.05) is 29.5 Å². The van der Waals surface area contributed by atoms with Crippen LogP contribution in [0.3, 0.4) is 0 Å². The lowest BCUT2D eigenvalue weighted by Crippen LogP contribution is -2.72. The number of ether oxygens (including phenoxy) is 1. The number of likely N-dealkylation sites (tertiary alicyclic amines) is 1. The number of nitrogens with zero attached hydrogens (tertiary/aromatic N) is 5. The van der Waals surface area contributed by atoms with Gasteiger partial charge in [-0.15, -0.1) is 23.1 Å². The predicted octanol–water partition coefficient (Wildman–Crippen LogP) is 0.395. The SMILES string of the molecule is COc1ccc(C(=O)N(CC[N+]2(CC3=C(C(=O)[O-])N4C(=O)[C@@H](NC(=O)/C(=N\OC(C)(C)C(=O)O)c5csc(N)n5)[C@H]4SC3)CCCC2)OC)c(Cl)c1O. The number of benzene rings is 1. The number of carboxylic acids is 2. The van der Waals surface area contributed by atoms with E-state index in [1.807, 2.05) is 0 Å². The number of hydrogen-bond acceptors (Lipinski definition) is 15. The molecule has 2 atom stereocenters. The third-order valence-corrected chi connectivity index (χ3v) is 11.6. The maximum atomic E-state index is 13.5. The normalized spacial score (nSPS) is 19.7. The summed E-state index contributed by atoms with van der Waals surface area (Å²) in [6.07, 6.45) is 1.70. The molecule has 2 saturated heterocycles. The van der Waals surface area contributed by atoms with E-state index in [2.05, 4.69) is 15.5 Å². The fraction of sp³-hybridized carbons (Fsp3) is 0.469. The Morgan fingerprint density at radius 2 is 1.94 bits per heavy atom. The van der Waals surface area contributed by atoms with Gasteiger partial charge in [0.1, 0.15) is 23.7 Å². The molecule has 4 heterocycles. The number of fused-ring (bicyclic) bond motifs is 1. The lowest BCUT2D eigenvalue weighted by Gasteiger charge is -2.51. The fourth-order valence-corrected chi connectivity index (χ4v) is 8.38. The average Bonchev–Trinajstić information content (AvgIpc) is 3.77. The number of methoxy groups -OCH3 is 1. The predicted molar refractivity (Wildman–Crippen MR) is 190 cm³/mol. The molecule has 0 radical (unpaired) electrons. The topological polar surface area (TPSA) is 246 Å². The number of aliphatic carboxylic acids is 2. The minimum absolute atomic E-state index is 0.000121. The van der Waals surface area contributed by atoms with Crippen LogP contribution in [-0.4, -0.2) is 135 Å². The summed E-state index contributed by atoms with van der Waals surface area (Å²) < 4.78 is 5.45. The van der Waals surface area contributed by atoms with Gasteiger partial charge in [0.05, 0.1) is 62.7 Å². The third-order valence-electron chi connectivity index (χ3n) is 9.18. The summed E-state index contributed by atoms with van der Waals surface area (Å²) in [6.45, 7) is 4.52. The van der Waals surface area contributed by atoms with Crippen molar-refractivity contribution in [2.75, 3.05) is 58.4 Å². The number of β-lactam (4-membered cyclic amide) rings is 1. The highest BCUT2D eigenvalue weighted by molar-refractivity contribution is 8.00. The number of quaternary nitrogens is 1. The molecule has 0 aliphatic carbocycles. The van der Waals surface area contributed by atoms with Crippen molar-refractivity contribution in [3.05, 3.63) is 45.1 Å². The van der Waals surface area contributed by atoms with Crippen LogP contribution in [0.15, 0.2) is 33.9 Å². The van der Waals surface area contributed by atoms with Crippen LogP contribution >= 0.6 is 34.7 Å². The average molecular weight is 796 g/mol. The number of carbonyl (C=O) groups is 5. The number of phenolic OH excluding ortho intramolecular Hbond substituents is 1. The molecule has 21 heteroatoms. The first-order valence-electron chi connectivity index (χ1n) is 16.2. The second-order valence-corrected chi connectivity index (χ2v) is 15.3. The van der Waals surface area contributed by atoms with Gasteiger partial charge in [-0.1, -0.05) is 16.8 Å². The smallest absolute Gasteiger partial charge is 0.350 e. The van der Waals surface area contributed by atoms with Crippen LogP contribution in [0.4, 0.5) is 5.13 Å². The van der Waals surface area contributed by atoms with E-state index < -0.39 is 52.4 Å². The molecule has 5 N–H and O–H groups in total. The number of aromatic nitrogens is 1. The number of carbonyl (C=O) groups excluding carboxylic acids is 4. The van der Waals surface area contributed by atoms with E-state index in [9.17, 15) is 39.3 Å². The van der Waals surface area contributed by atoms with Crippen molar-refractivity contribution in [2.45, 2.75) is 43.7 Å². The summed E-state index contributed by atoms with van der Waals surface area (Å²) in [5, 5.41) is 40.3. The molecule has 3 aliphatic heterocycles. The molecule has 0 saturated carbocycles. The first kappa shape index (κ1) is 39.6. The maximum absolute atomic E-state index is 13.5. The molecule has 1 aromatic carbocycles. The van der Waals surface area contributed by atoms with Gasteiger partial charge in [-0.3, -0.25) is 24.1 Å². The van der Waals surface area contributed by atoms with Crippen molar-refractivity contribution in [3.63, 3.8) is 0 Å². The van der Waals surface area contributed by atoms with Crippen LogP contribution in [0.5, 0.6) is 11.5 Å². The molecule has 0 bridgehead atoms. The van der Waals surface area contributed by atoms with Crippen molar-refractivity contribution < 1.29 is 58.2 Å². The van der Waals surface area contributed by atoms with Crippen molar-refractivity contribution in [2.24, 2.45) is 5.16 Å². The standard InChI is InChI=1S/C32H38ClN7O11S2/c1-32(2,30(47)48)51-37-21(18-15-53-31(34)35-18)25(42)36-22-27(44)39-23(29(45)46)16(14-52-28(22)39)13-40(10-5-6-11-40)12-9-38(50-4)26(43)17-7-8-19(49-3)24(41)20(17)33/h7-8,15,22,28H,5-6,9-14H2,1-4H3,(H5-,34,35,36,41,42,45,46,47,48)/b37-21-/t22-,28-/m1/s1. The molecular formula is C32H38ClN7O11S2. The lowest BCUT2D eigenvalue weighted by atomic mass is 10.0. The summed E-state index contributed by atoms with van der Waals surface area (Å²) in [5.41, 5.74) is 3.68. The van der Waals surface area contributed by atoms with Crippen LogP contribution < -0.4 is 20.9 Å². The largest absolute Gasteiger partial charge is 0.543 e. The van der Waals surface area contributed by atoms with Crippen molar-refractivity contribution in [1.82, 2.24) is 20.3 Å². The quantitative estimate of drug-likeness (QED) is 0.0825. The van der Waals surface area contributed by atoms with Gasteiger partial charge in [0.15, 0.2) is 22.3 Å². The van der Waals surface area contributed by atoms with Crippen molar-refractivity contribution in [1.29, 1.82) is 0 Å². The summed E-state index contributed by atoms with van der Waals surface area (Å²) >= 11 is 8.53. The molecule has 3 amide bonds. The number of aromatic hydroxyl groups is 1. The van der Waals surface area contributed by atoms with Crippen LogP contribution in [0, 0.1) is 0 Å². The number of rotatable bonds is 15. The Hall–Kier alpha value is -4.63. The maximum Gasteiger partial charge on any atom is 0.350 e. The highest BCUT2D eigenvalue weighted by Crippen LogP contribution is 2.41. The second kappa shape index (κ2) is 15.8. The number of hydrogen-bond donors (Lipinski definition) is 4. The van der Waals surface area contributed by atoms with E-state index in [0.29, 0.717) is 29.7 Å². The third kappa shape index (κ3) is 8.00. The number of hydroxylamine groups is 2. The van der Waals surface area contributed by atoms with Gasteiger partial charge in [-0.2, -0.15) is 0 Å². The molecule has 2 aromatic rings. The van der Waals surface area contributed by atoms with Crippen LogP contribution in [0.25, 0.3) is 0 Å². The summed E-state index contributed by atoms with van der Waals surface area (Å²) in [6, 6.07) is 1.67. The Morgan fingerprint density at radius 1 is 1.25 bits per heavy atom. The first-order chi connectivity index (χ1) is 25.0.